The molecular formula is C25H29Cl3N2O5. The summed E-state index contributed by atoms with van der Waals surface area (Å²) >= 11 is 17.1. The van der Waals surface area contributed by atoms with Crippen molar-refractivity contribution in [3.8, 4) is 0 Å². The maximum absolute atomic E-state index is 12.1. The van der Waals surface area contributed by atoms with Crippen molar-refractivity contribution in [1.82, 2.24) is 4.90 Å². The standard InChI is InChI=1S/C25H29Cl3N2O5/c1-16-21(14-30-9-11-33-12-10-30)34-23(35-22(16)18-7-5-17(15-31)6-8-18)19-3-2-4-20(13-19)29-24(32)25(26,27)28/h2-8,13,16,21-23,31H,9-12,14-15H2,1H3,(H,29,32)/t16-,21+,22+,23+/m0/s1. The third-order valence-electron chi connectivity index (χ3n) is 6.34. The van der Waals surface area contributed by atoms with Crippen molar-refractivity contribution in [2.45, 2.75) is 35.8 Å². The van der Waals surface area contributed by atoms with Crippen LogP contribution in [-0.2, 0) is 25.6 Å². The molecule has 7 nitrogen and oxygen atoms in total. The number of benzene rings is 2. The average molecular weight is 544 g/mol. The average Bonchev–Trinajstić information content (AvgIpc) is 2.85. The van der Waals surface area contributed by atoms with E-state index >= 15 is 0 Å². The highest BCUT2D eigenvalue weighted by atomic mass is 35.6. The van der Waals surface area contributed by atoms with Gasteiger partial charge in [0.25, 0.3) is 9.70 Å². The molecule has 35 heavy (non-hydrogen) atoms. The summed E-state index contributed by atoms with van der Waals surface area (Å²) in [6, 6.07) is 14.9. The molecule has 0 radical (unpaired) electrons. The molecule has 10 heteroatoms. The van der Waals surface area contributed by atoms with E-state index < -0.39 is 16.0 Å². The molecule has 4 rings (SSSR count). The number of hydrogen-bond donors (Lipinski definition) is 2. The van der Waals surface area contributed by atoms with Gasteiger partial charge in [-0.1, -0.05) is 78.1 Å². The number of morpholine rings is 1. The smallest absolute Gasteiger partial charge is 0.276 e. The fourth-order valence-corrected chi connectivity index (χ4v) is 4.47. The molecule has 4 atom stereocenters. The quantitative estimate of drug-likeness (QED) is 0.518. The summed E-state index contributed by atoms with van der Waals surface area (Å²) < 4.78 is 16.4. The van der Waals surface area contributed by atoms with Crippen LogP contribution in [0.4, 0.5) is 5.69 Å². The van der Waals surface area contributed by atoms with Crippen LogP contribution in [0, 0.1) is 5.92 Å². The number of anilines is 1. The molecule has 0 bridgehead atoms. The number of ether oxygens (including phenoxy) is 3. The summed E-state index contributed by atoms with van der Waals surface area (Å²) in [7, 11) is 0. The van der Waals surface area contributed by atoms with Gasteiger partial charge in [-0.3, -0.25) is 9.69 Å². The first-order valence-electron chi connectivity index (χ1n) is 11.5. The minimum atomic E-state index is -2.07. The number of nitrogens with zero attached hydrogens (tertiary/aromatic N) is 1. The Morgan fingerprint density at radius 1 is 1.09 bits per heavy atom. The number of carbonyl (C=O) groups excluding carboxylic acids is 1. The highest BCUT2D eigenvalue weighted by Crippen LogP contribution is 2.42. The molecule has 2 fully saturated rings. The van der Waals surface area contributed by atoms with E-state index in [1.807, 2.05) is 30.3 Å². The summed E-state index contributed by atoms with van der Waals surface area (Å²) in [5.74, 6) is -0.674. The Morgan fingerprint density at radius 3 is 2.46 bits per heavy atom. The van der Waals surface area contributed by atoms with Crippen LogP contribution in [0.15, 0.2) is 48.5 Å². The number of amides is 1. The van der Waals surface area contributed by atoms with Crippen LogP contribution in [-0.4, -0.2) is 58.7 Å². The summed E-state index contributed by atoms with van der Waals surface area (Å²) in [4.78, 5) is 14.5. The van der Waals surface area contributed by atoms with Gasteiger partial charge in [-0.2, -0.15) is 0 Å². The van der Waals surface area contributed by atoms with Gasteiger partial charge in [-0.15, -0.1) is 0 Å². The first-order chi connectivity index (χ1) is 16.7. The number of rotatable bonds is 6. The second-order valence-electron chi connectivity index (χ2n) is 8.81. The molecule has 2 aromatic rings. The van der Waals surface area contributed by atoms with Crippen LogP contribution in [0.3, 0.4) is 0 Å². The van der Waals surface area contributed by atoms with E-state index in [0.29, 0.717) is 18.9 Å². The lowest BCUT2D eigenvalue weighted by Crippen LogP contribution is -2.47. The highest BCUT2D eigenvalue weighted by molar-refractivity contribution is 6.76. The molecule has 2 N–H and O–H groups in total. The Bertz CT molecular complexity index is 995. The van der Waals surface area contributed by atoms with Crippen molar-refractivity contribution in [3.05, 3.63) is 65.2 Å². The van der Waals surface area contributed by atoms with Gasteiger partial charge in [0, 0.05) is 36.8 Å². The van der Waals surface area contributed by atoms with Crippen LogP contribution in [0.2, 0.25) is 0 Å². The van der Waals surface area contributed by atoms with Crippen molar-refractivity contribution in [1.29, 1.82) is 0 Å². The molecule has 2 aromatic carbocycles. The number of hydrogen-bond acceptors (Lipinski definition) is 6. The lowest BCUT2D eigenvalue weighted by atomic mass is 9.90. The van der Waals surface area contributed by atoms with Gasteiger partial charge in [0.2, 0.25) is 0 Å². The largest absolute Gasteiger partial charge is 0.392 e. The Hall–Kier alpha value is -1.42. The van der Waals surface area contributed by atoms with E-state index in [4.69, 9.17) is 49.0 Å². The molecule has 0 aliphatic carbocycles. The van der Waals surface area contributed by atoms with Crippen molar-refractivity contribution in [2.24, 2.45) is 5.92 Å². The van der Waals surface area contributed by atoms with Crippen LogP contribution >= 0.6 is 34.8 Å². The number of alkyl halides is 3. The Labute approximate surface area is 220 Å². The Kier molecular flexibility index (Phi) is 8.94. The van der Waals surface area contributed by atoms with E-state index in [1.54, 1.807) is 18.2 Å². The summed E-state index contributed by atoms with van der Waals surface area (Å²) in [5, 5.41) is 12.0. The topological polar surface area (TPSA) is 80.3 Å². The Balaban J connectivity index is 1.59. The maximum atomic E-state index is 12.1. The van der Waals surface area contributed by atoms with Crippen molar-refractivity contribution in [2.75, 3.05) is 38.2 Å². The summed E-state index contributed by atoms with van der Waals surface area (Å²) in [6.07, 6.45) is -0.995. The minimum absolute atomic E-state index is 0.0144. The molecule has 2 saturated heterocycles. The van der Waals surface area contributed by atoms with E-state index in [9.17, 15) is 9.90 Å². The zero-order chi connectivity index (χ0) is 25.0. The second-order valence-corrected chi connectivity index (χ2v) is 11.1. The SMILES string of the molecule is C[C@H]1[C@@H](CN2CCOCC2)O[C@@H](c2cccc(NC(=O)C(Cl)(Cl)Cl)c2)O[C@H]1c1ccc(CO)cc1. The molecule has 0 saturated carbocycles. The number of nitrogens with one attached hydrogen (secondary N) is 1. The third kappa shape index (κ3) is 6.87. The van der Waals surface area contributed by atoms with E-state index in [0.717, 1.165) is 36.3 Å². The third-order valence-corrected chi connectivity index (χ3v) is 6.85. The summed E-state index contributed by atoms with van der Waals surface area (Å²) in [5.41, 5.74) is 3.06. The number of aliphatic hydroxyl groups excluding tert-OH is 1. The predicted octanol–water partition coefficient (Wildman–Crippen LogP) is 4.61. The second kappa shape index (κ2) is 11.8. The molecule has 0 unspecified atom stereocenters. The van der Waals surface area contributed by atoms with Crippen LogP contribution in [0.25, 0.3) is 0 Å². The van der Waals surface area contributed by atoms with E-state index in [-0.39, 0.29) is 24.7 Å². The number of halogens is 3. The fourth-order valence-electron chi connectivity index (χ4n) is 4.33. The fraction of sp³-hybridized carbons (Fsp3) is 0.480. The lowest BCUT2D eigenvalue weighted by molar-refractivity contribution is -0.277. The molecule has 2 aliphatic heterocycles. The normalized spacial score (nSPS) is 25.9. The number of carbonyl (C=O) groups is 1. The van der Waals surface area contributed by atoms with Gasteiger partial charge in [0.15, 0.2) is 6.29 Å². The molecular weight excluding hydrogens is 515 g/mol. The van der Waals surface area contributed by atoms with Gasteiger partial charge >= 0.3 is 0 Å². The number of aliphatic hydroxyl groups is 1. The van der Waals surface area contributed by atoms with Gasteiger partial charge in [0.1, 0.15) is 0 Å². The van der Waals surface area contributed by atoms with Crippen molar-refractivity contribution in [3.63, 3.8) is 0 Å². The van der Waals surface area contributed by atoms with Crippen molar-refractivity contribution < 1.29 is 24.1 Å². The van der Waals surface area contributed by atoms with Crippen LogP contribution < -0.4 is 5.32 Å². The minimum Gasteiger partial charge on any atom is -0.392 e. The molecule has 2 heterocycles. The zero-order valence-corrected chi connectivity index (χ0v) is 21.6. The van der Waals surface area contributed by atoms with E-state index in [1.165, 1.54) is 0 Å². The molecule has 0 spiro atoms. The van der Waals surface area contributed by atoms with Gasteiger partial charge < -0.3 is 24.6 Å². The molecule has 2 aliphatic rings. The van der Waals surface area contributed by atoms with Gasteiger partial charge in [0.05, 0.1) is 32.0 Å². The van der Waals surface area contributed by atoms with Gasteiger partial charge in [-0.05, 0) is 23.3 Å². The van der Waals surface area contributed by atoms with Crippen molar-refractivity contribution >= 4 is 46.4 Å². The monoisotopic (exact) mass is 542 g/mol. The Morgan fingerprint density at radius 2 is 1.80 bits per heavy atom. The summed E-state index contributed by atoms with van der Waals surface area (Å²) in [6.45, 7) is 5.98. The highest BCUT2D eigenvalue weighted by Gasteiger charge is 2.39. The van der Waals surface area contributed by atoms with E-state index in [2.05, 4.69) is 17.1 Å². The zero-order valence-electron chi connectivity index (χ0n) is 19.3. The first-order valence-corrected chi connectivity index (χ1v) is 12.7. The van der Waals surface area contributed by atoms with Gasteiger partial charge in [-0.25, -0.2) is 0 Å². The molecule has 0 aromatic heterocycles. The first kappa shape index (κ1) is 26.6. The molecule has 1 amide bonds. The molecule has 190 valence electrons. The lowest BCUT2D eigenvalue weighted by Gasteiger charge is -2.43. The predicted molar refractivity (Wildman–Crippen MR) is 136 cm³/mol. The van der Waals surface area contributed by atoms with Crippen LogP contribution in [0.5, 0.6) is 0 Å². The maximum Gasteiger partial charge on any atom is 0.276 e. The van der Waals surface area contributed by atoms with Crippen LogP contribution in [0.1, 0.15) is 36.0 Å².